The number of hydrogen-bond donors (Lipinski definition) is 2. The minimum absolute atomic E-state index is 0. The number of carbonyl (C=O) groups is 1. The molecule has 2 aliphatic rings. The van der Waals surface area contributed by atoms with Crippen LogP contribution in [0.3, 0.4) is 0 Å². The second kappa shape index (κ2) is 13.9. The van der Waals surface area contributed by atoms with E-state index in [-0.39, 0.29) is 29.9 Å². The van der Waals surface area contributed by atoms with E-state index in [0.29, 0.717) is 32.2 Å². The normalized spacial score (nSPS) is 18.1. The number of ether oxygens (including phenoxy) is 1. The minimum Gasteiger partial charge on any atom is -0.376 e. The van der Waals surface area contributed by atoms with Gasteiger partial charge in [-0.25, -0.2) is 0 Å². The minimum atomic E-state index is 0. The van der Waals surface area contributed by atoms with Gasteiger partial charge < -0.3 is 20.3 Å². The smallest absolute Gasteiger partial charge is 0.222 e. The summed E-state index contributed by atoms with van der Waals surface area (Å²) in [6.45, 7) is 3.75. The fourth-order valence-corrected chi connectivity index (χ4v) is 4.14. The topological polar surface area (TPSA) is 66.0 Å². The predicted molar refractivity (Wildman–Crippen MR) is 132 cm³/mol. The van der Waals surface area contributed by atoms with E-state index in [1.165, 1.54) is 49.7 Å². The number of halogens is 1. The second-order valence-electron chi connectivity index (χ2n) is 8.08. The molecule has 2 fully saturated rings. The lowest BCUT2D eigenvalue weighted by Crippen LogP contribution is -2.39. The van der Waals surface area contributed by atoms with Crippen LogP contribution in [-0.2, 0) is 22.6 Å². The highest BCUT2D eigenvalue weighted by atomic mass is 127. The maximum absolute atomic E-state index is 11.8. The average Bonchev–Trinajstić information content (AvgIpc) is 2.97. The molecule has 1 aliphatic carbocycles. The van der Waals surface area contributed by atoms with Crippen LogP contribution in [0.25, 0.3) is 0 Å². The molecule has 7 heteroatoms. The summed E-state index contributed by atoms with van der Waals surface area (Å²) in [7, 11) is 1.79. The van der Waals surface area contributed by atoms with E-state index in [1.807, 2.05) is 4.90 Å². The van der Waals surface area contributed by atoms with Crippen molar-refractivity contribution >= 4 is 35.8 Å². The number of benzene rings is 1. The Bertz CT molecular complexity index is 675. The number of amides is 1. The molecule has 2 N–H and O–H groups in total. The van der Waals surface area contributed by atoms with Crippen LogP contribution in [0.4, 0.5) is 0 Å². The molecular formula is C23H37IN4O2. The molecular weight excluding hydrogens is 491 g/mol. The average molecular weight is 528 g/mol. The molecule has 3 rings (SSSR count). The summed E-state index contributed by atoms with van der Waals surface area (Å²) in [4.78, 5) is 18.1. The van der Waals surface area contributed by atoms with Crippen LogP contribution >= 0.6 is 24.0 Å². The summed E-state index contributed by atoms with van der Waals surface area (Å²) in [5.74, 6) is 1.05. The molecule has 30 heavy (non-hydrogen) atoms. The molecule has 0 atom stereocenters. The Morgan fingerprint density at radius 2 is 1.90 bits per heavy atom. The first-order valence-electron chi connectivity index (χ1n) is 11.2. The largest absolute Gasteiger partial charge is 0.376 e. The van der Waals surface area contributed by atoms with E-state index < -0.39 is 0 Å². The number of guanidine groups is 1. The Hall–Kier alpha value is -1.35. The number of hydrogen-bond acceptors (Lipinski definition) is 3. The maximum atomic E-state index is 11.8. The van der Waals surface area contributed by atoms with Crippen LogP contribution in [0.15, 0.2) is 29.3 Å². The highest BCUT2D eigenvalue weighted by molar-refractivity contribution is 14.0. The molecule has 1 heterocycles. The summed E-state index contributed by atoms with van der Waals surface area (Å²) < 4.78 is 6.03. The van der Waals surface area contributed by atoms with Crippen LogP contribution in [0.1, 0.15) is 62.5 Å². The Morgan fingerprint density at radius 1 is 1.13 bits per heavy atom. The van der Waals surface area contributed by atoms with E-state index in [4.69, 9.17) is 4.74 Å². The molecule has 0 bridgehead atoms. The van der Waals surface area contributed by atoms with E-state index >= 15 is 0 Å². The van der Waals surface area contributed by atoms with E-state index in [0.717, 1.165) is 25.5 Å². The van der Waals surface area contributed by atoms with Gasteiger partial charge in [0.2, 0.25) is 5.91 Å². The van der Waals surface area contributed by atoms with Crippen molar-refractivity contribution in [1.29, 1.82) is 0 Å². The van der Waals surface area contributed by atoms with E-state index in [1.54, 1.807) is 7.05 Å². The highest BCUT2D eigenvalue weighted by Crippen LogP contribution is 2.19. The third kappa shape index (κ3) is 8.41. The molecule has 1 saturated heterocycles. The van der Waals surface area contributed by atoms with E-state index in [2.05, 4.69) is 39.9 Å². The van der Waals surface area contributed by atoms with Crippen LogP contribution in [0.2, 0.25) is 0 Å². The summed E-state index contributed by atoms with van der Waals surface area (Å²) in [6.07, 6.45) is 9.80. The van der Waals surface area contributed by atoms with Gasteiger partial charge in [-0.05, 0) is 30.4 Å². The first-order chi connectivity index (χ1) is 14.2. The van der Waals surface area contributed by atoms with Crippen LogP contribution < -0.4 is 10.6 Å². The highest BCUT2D eigenvalue weighted by Gasteiger charge is 2.20. The quantitative estimate of drug-likeness (QED) is 0.177. The first-order valence-corrected chi connectivity index (χ1v) is 11.2. The van der Waals surface area contributed by atoms with Gasteiger partial charge >= 0.3 is 0 Å². The molecule has 1 aliphatic heterocycles. The van der Waals surface area contributed by atoms with Gasteiger partial charge in [0.15, 0.2) is 5.96 Å². The van der Waals surface area contributed by atoms with Gasteiger partial charge in [0.1, 0.15) is 0 Å². The van der Waals surface area contributed by atoms with Gasteiger partial charge in [-0.2, -0.15) is 0 Å². The number of nitrogens with zero attached hydrogens (tertiary/aromatic N) is 2. The van der Waals surface area contributed by atoms with Crippen molar-refractivity contribution in [3.63, 3.8) is 0 Å². The van der Waals surface area contributed by atoms with Crippen molar-refractivity contribution in [1.82, 2.24) is 15.5 Å². The molecule has 168 valence electrons. The zero-order valence-electron chi connectivity index (χ0n) is 18.2. The zero-order chi connectivity index (χ0) is 20.3. The first kappa shape index (κ1) is 24.9. The Balaban J connectivity index is 0.00000320. The third-order valence-electron chi connectivity index (χ3n) is 5.77. The lowest BCUT2D eigenvalue weighted by Gasteiger charge is -2.17. The van der Waals surface area contributed by atoms with Crippen LogP contribution in [0.5, 0.6) is 0 Å². The molecule has 0 spiro atoms. The van der Waals surface area contributed by atoms with Crippen molar-refractivity contribution in [2.45, 2.75) is 70.6 Å². The molecule has 0 aromatic heterocycles. The SMILES string of the molecule is CN=C(NCCOC1CCCCCC1)NCc1cccc(CN2CCCC2=O)c1.I. The van der Waals surface area contributed by atoms with Gasteiger partial charge in [-0.3, -0.25) is 9.79 Å². The number of likely N-dealkylation sites (tertiary alicyclic amines) is 1. The lowest BCUT2D eigenvalue weighted by atomic mass is 10.1. The van der Waals surface area contributed by atoms with Crippen molar-refractivity contribution in [3.05, 3.63) is 35.4 Å². The molecule has 6 nitrogen and oxygen atoms in total. The maximum Gasteiger partial charge on any atom is 0.222 e. The summed E-state index contributed by atoms with van der Waals surface area (Å²) in [5, 5.41) is 6.70. The molecule has 1 saturated carbocycles. The zero-order valence-corrected chi connectivity index (χ0v) is 20.5. The summed E-state index contributed by atoms with van der Waals surface area (Å²) in [5.41, 5.74) is 2.37. The van der Waals surface area contributed by atoms with Gasteiger partial charge in [0, 0.05) is 39.6 Å². The number of rotatable bonds is 8. The molecule has 0 unspecified atom stereocenters. The summed E-state index contributed by atoms with van der Waals surface area (Å²) in [6, 6.07) is 8.42. The fraction of sp³-hybridized carbons (Fsp3) is 0.652. The van der Waals surface area contributed by atoms with Crippen molar-refractivity contribution < 1.29 is 9.53 Å². The Labute approximate surface area is 198 Å². The number of carbonyl (C=O) groups excluding carboxylic acids is 1. The monoisotopic (exact) mass is 528 g/mol. The predicted octanol–water partition coefficient (Wildman–Crippen LogP) is 3.83. The molecule has 1 aromatic rings. The van der Waals surface area contributed by atoms with Gasteiger partial charge in [0.05, 0.1) is 12.7 Å². The third-order valence-corrected chi connectivity index (χ3v) is 5.77. The van der Waals surface area contributed by atoms with Crippen molar-refractivity contribution in [3.8, 4) is 0 Å². The molecule has 1 amide bonds. The standard InChI is InChI=1S/C23H36N4O2.HI/c1-24-23(25-13-15-29-21-10-4-2-3-5-11-21)26-17-19-8-6-9-20(16-19)18-27-14-7-12-22(27)28;/h6,8-9,16,21H,2-5,7,10-15,17-18H2,1H3,(H2,24,25,26);1H. The van der Waals surface area contributed by atoms with E-state index in [9.17, 15) is 4.79 Å². The van der Waals surface area contributed by atoms with Crippen LogP contribution in [0, 0.1) is 0 Å². The molecule has 1 aromatic carbocycles. The van der Waals surface area contributed by atoms with Gasteiger partial charge in [-0.15, -0.1) is 24.0 Å². The summed E-state index contributed by atoms with van der Waals surface area (Å²) >= 11 is 0. The van der Waals surface area contributed by atoms with Gasteiger partial charge in [0.25, 0.3) is 0 Å². The van der Waals surface area contributed by atoms with Crippen molar-refractivity contribution in [2.75, 3.05) is 26.7 Å². The van der Waals surface area contributed by atoms with Crippen molar-refractivity contribution in [2.24, 2.45) is 4.99 Å². The van der Waals surface area contributed by atoms with Gasteiger partial charge in [-0.1, -0.05) is 49.9 Å². The fourth-order valence-electron chi connectivity index (χ4n) is 4.14. The second-order valence-corrected chi connectivity index (χ2v) is 8.08. The molecule has 0 radical (unpaired) electrons. The lowest BCUT2D eigenvalue weighted by molar-refractivity contribution is -0.128. The Kier molecular flexibility index (Phi) is 11.5. The Morgan fingerprint density at radius 3 is 2.60 bits per heavy atom. The number of nitrogens with one attached hydrogen (secondary N) is 2. The number of aliphatic imine (C=N–C) groups is 1. The van der Waals surface area contributed by atoms with Crippen LogP contribution in [-0.4, -0.2) is 49.6 Å².